The van der Waals surface area contributed by atoms with E-state index < -0.39 is 0 Å². The van der Waals surface area contributed by atoms with Gasteiger partial charge in [-0.05, 0) is 44.5 Å². The summed E-state index contributed by atoms with van der Waals surface area (Å²) < 4.78 is 0. The van der Waals surface area contributed by atoms with Crippen molar-refractivity contribution in [2.45, 2.75) is 31.8 Å². The number of fused-ring (bicyclic) bond motifs is 1. The molecule has 4 nitrogen and oxygen atoms in total. The molecular weight excluding hydrogens is 250 g/mol. The van der Waals surface area contributed by atoms with Crippen LogP contribution in [0.4, 0.5) is 0 Å². The van der Waals surface area contributed by atoms with Crippen molar-refractivity contribution in [3.63, 3.8) is 0 Å². The molecule has 0 bridgehead atoms. The SMILES string of the molecule is CC1CC(NC(=O)c2cccc3ncccc23)CCN1. The van der Waals surface area contributed by atoms with E-state index in [0.717, 1.165) is 30.3 Å². The molecule has 0 radical (unpaired) electrons. The average molecular weight is 269 g/mol. The number of hydrogen-bond donors (Lipinski definition) is 2. The van der Waals surface area contributed by atoms with Gasteiger partial charge in [-0.25, -0.2) is 0 Å². The monoisotopic (exact) mass is 269 g/mol. The highest BCUT2D eigenvalue weighted by molar-refractivity contribution is 6.06. The van der Waals surface area contributed by atoms with Crippen LogP contribution in [0.15, 0.2) is 36.5 Å². The minimum atomic E-state index is 0.00250. The van der Waals surface area contributed by atoms with Gasteiger partial charge in [0.15, 0.2) is 0 Å². The fourth-order valence-corrected chi connectivity index (χ4v) is 2.83. The van der Waals surface area contributed by atoms with Crippen molar-refractivity contribution in [2.24, 2.45) is 0 Å². The number of amides is 1. The molecule has 2 heterocycles. The zero-order valence-corrected chi connectivity index (χ0v) is 11.6. The largest absolute Gasteiger partial charge is 0.349 e. The van der Waals surface area contributed by atoms with Gasteiger partial charge in [-0.15, -0.1) is 0 Å². The van der Waals surface area contributed by atoms with Gasteiger partial charge in [0.1, 0.15) is 0 Å². The predicted octanol–water partition coefficient (Wildman–Crippen LogP) is 2.11. The number of aromatic nitrogens is 1. The Balaban J connectivity index is 1.82. The Hall–Kier alpha value is -1.94. The lowest BCUT2D eigenvalue weighted by Crippen LogP contribution is -2.46. The van der Waals surface area contributed by atoms with Crippen molar-refractivity contribution in [3.05, 3.63) is 42.1 Å². The van der Waals surface area contributed by atoms with E-state index in [1.165, 1.54) is 0 Å². The van der Waals surface area contributed by atoms with Crippen molar-refractivity contribution in [1.29, 1.82) is 0 Å². The summed E-state index contributed by atoms with van der Waals surface area (Å²) in [6.45, 7) is 3.11. The molecule has 2 N–H and O–H groups in total. The normalized spacial score (nSPS) is 22.6. The van der Waals surface area contributed by atoms with Crippen LogP contribution >= 0.6 is 0 Å². The molecule has 1 amide bonds. The lowest BCUT2D eigenvalue weighted by molar-refractivity contribution is 0.0927. The van der Waals surface area contributed by atoms with Gasteiger partial charge in [-0.2, -0.15) is 0 Å². The third-order valence-corrected chi connectivity index (χ3v) is 3.85. The van der Waals surface area contributed by atoms with Crippen LogP contribution in [-0.4, -0.2) is 29.5 Å². The topological polar surface area (TPSA) is 54.0 Å². The molecule has 1 aromatic heterocycles. The van der Waals surface area contributed by atoms with Gasteiger partial charge in [0, 0.05) is 29.2 Å². The molecule has 1 fully saturated rings. The number of nitrogens with one attached hydrogen (secondary N) is 2. The number of rotatable bonds is 2. The summed E-state index contributed by atoms with van der Waals surface area (Å²) in [6, 6.07) is 10.2. The first-order chi connectivity index (χ1) is 9.74. The molecule has 1 aliphatic rings. The molecule has 2 atom stereocenters. The van der Waals surface area contributed by atoms with E-state index in [4.69, 9.17) is 0 Å². The molecule has 2 aromatic rings. The maximum absolute atomic E-state index is 12.5. The zero-order valence-electron chi connectivity index (χ0n) is 11.6. The highest BCUT2D eigenvalue weighted by Crippen LogP contribution is 2.17. The molecule has 4 heteroatoms. The van der Waals surface area contributed by atoms with Gasteiger partial charge in [-0.3, -0.25) is 9.78 Å². The fraction of sp³-hybridized carbons (Fsp3) is 0.375. The summed E-state index contributed by atoms with van der Waals surface area (Å²) in [6.07, 6.45) is 3.71. The Morgan fingerprint density at radius 1 is 1.35 bits per heavy atom. The van der Waals surface area contributed by atoms with E-state index >= 15 is 0 Å². The van der Waals surface area contributed by atoms with E-state index in [1.54, 1.807) is 6.20 Å². The molecule has 104 valence electrons. The summed E-state index contributed by atoms with van der Waals surface area (Å²) in [7, 11) is 0. The molecule has 0 aliphatic carbocycles. The van der Waals surface area contributed by atoms with Crippen LogP contribution in [0.25, 0.3) is 10.9 Å². The second-order valence-corrected chi connectivity index (χ2v) is 5.43. The first kappa shape index (κ1) is 13.1. The van der Waals surface area contributed by atoms with E-state index in [1.807, 2.05) is 30.3 Å². The molecule has 3 rings (SSSR count). The van der Waals surface area contributed by atoms with Crippen LogP contribution in [0.2, 0.25) is 0 Å². The van der Waals surface area contributed by atoms with Gasteiger partial charge in [0.25, 0.3) is 5.91 Å². The lowest BCUT2D eigenvalue weighted by atomic mass is 9.99. The Morgan fingerprint density at radius 2 is 2.25 bits per heavy atom. The molecule has 20 heavy (non-hydrogen) atoms. The molecule has 0 spiro atoms. The van der Waals surface area contributed by atoms with Crippen LogP contribution in [-0.2, 0) is 0 Å². The molecular formula is C16H19N3O. The minimum absolute atomic E-state index is 0.00250. The number of piperidine rings is 1. The van der Waals surface area contributed by atoms with Gasteiger partial charge in [0.2, 0.25) is 0 Å². The maximum atomic E-state index is 12.5. The smallest absolute Gasteiger partial charge is 0.252 e. The Labute approximate surface area is 118 Å². The van der Waals surface area contributed by atoms with E-state index in [2.05, 4.69) is 22.5 Å². The lowest BCUT2D eigenvalue weighted by Gasteiger charge is -2.28. The number of carbonyl (C=O) groups is 1. The second kappa shape index (κ2) is 5.59. The van der Waals surface area contributed by atoms with Gasteiger partial charge < -0.3 is 10.6 Å². The Morgan fingerprint density at radius 3 is 3.10 bits per heavy atom. The highest BCUT2D eigenvalue weighted by atomic mass is 16.1. The van der Waals surface area contributed by atoms with Crippen LogP contribution in [0.5, 0.6) is 0 Å². The quantitative estimate of drug-likeness (QED) is 0.878. The summed E-state index contributed by atoms with van der Waals surface area (Å²) in [5, 5.41) is 7.46. The minimum Gasteiger partial charge on any atom is -0.349 e. The Bertz CT molecular complexity index is 621. The summed E-state index contributed by atoms with van der Waals surface area (Å²) >= 11 is 0. The van der Waals surface area contributed by atoms with Crippen molar-refractivity contribution >= 4 is 16.8 Å². The van der Waals surface area contributed by atoms with E-state index in [0.29, 0.717) is 11.6 Å². The van der Waals surface area contributed by atoms with Crippen LogP contribution in [0.3, 0.4) is 0 Å². The van der Waals surface area contributed by atoms with Crippen molar-refractivity contribution < 1.29 is 4.79 Å². The van der Waals surface area contributed by atoms with Crippen LogP contribution < -0.4 is 10.6 Å². The third-order valence-electron chi connectivity index (χ3n) is 3.85. The van der Waals surface area contributed by atoms with Gasteiger partial charge >= 0.3 is 0 Å². The predicted molar refractivity (Wildman–Crippen MR) is 79.7 cm³/mol. The molecule has 1 aromatic carbocycles. The van der Waals surface area contributed by atoms with Crippen molar-refractivity contribution in [1.82, 2.24) is 15.6 Å². The highest BCUT2D eigenvalue weighted by Gasteiger charge is 2.21. The standard InChI is InChI=1S/C16H19N3O/c1-11-10-12(7-9-17-11)19-16(20)14-4-2-6-15-13(14)5-3-8-18-15/h2-6,8,11-12,17H,7,9-10H2,1H3,(H,19,20). The number of pyridine rings is 1. The van der Waals surface area contributed by atoms with E-state index in [9.17, 15) is 4.79 Å². The first-order valence-corrected chi connectivity index (χ1v) is 7.12. The van der Waals surface area contributed by atoms with Crippen molar-refractivity contribution in [2.75, 3.05) is 6.54 Å². The number of carbonyl (C=O) groups excluding carboxylic acids is 1. The van der Waals surface area contributed by atoms with Crippen LogP contribution in [0, 0.1) is 0 Å². The third kappa shape index (κ3) is 2.65. The number of hydrogen-bond acceptors (Lipinski definition) is 3. The summed E-state index contributed by atoms with van der Waals surface area (Å²) in [4.78, 5) is 16.8. The zero-order chi connectivity index (χ0) is 13.9. The van der Waals surface area contributed by atoms with Gasteiger partial charge in [-0.1, -0.05) is 12.1 Å². The average Bonchev–Trinajstić information content (AvgIpc) is 2.46. The first-order valence-electron chi connectivity index (χ1n) is 7.12. The van der Waals surface area contributed by atoms with E-state index in [-0.39, 0.29) is 11.9 Å². The molecule has 1 aliphatic heterocycles. The maximum Gasteiger partial charge on any atom is 0.252 e. The molecule has 2 unspecified atom stereocenters. The number of nitrogens with zero attached hydrogens (tertiary/aromatic N) is 1. The number of benzene rings is 1. The van der Waals surface area contributed by atoms with Crippen molar-refractivity contribution in [3.8, 4) is 0 Å². The van der Waals surface area contributed by atoms with Crippen LogP contribution in [0.1, 0.15) is 30.1 Å². The fourth-order valence-electron chi connectivity index (χ4n) is 2.83. The summed E-state index contributed by atoms with van der Waals surface area (Å²) in [5.74, 6) is 0.00250. The Kier molecular flexibility index (Phi) is 3.65. The molecule has 1 saturated heterocycles. The van der Waals surface area contributed by atoms with Gasteiger partial charge in [0.05, 0.1) is 5.52 Å². The second-order valence-electron chi connectivity index (χ2n) is 5.43. The molecule has 0 saturated carbocycles. The summed E-state index contributed by atoms with van der Waals surface area (Å²) in [5.41, 5.74) is 1.57.